The van der Waals surface area contributed by atoms with E-state index in [1.807, 2.05) is 0 Å². The second kappa shape index (κ2) is 14.2. The van der Waals surface area contributed by atoms with Crippen molar-refractivity contribution in [1.82, 2.24) is 16.0 Å². The van der Waals surface area contributed by atoms with Crippen molar-refractivity contribution in [3.63, 3.8) is 0 Å². The molecule has 31 heavy (non-hydrogen) atoms. The lowest BCUT2D eigenvalue weighted by atomic mass is 10.1. The molecule has 14 heteroatoms. The van der Waals surface area contributed by atoms with Crippen molar-refractivity contribution in [2.45, 2.75) is 56.8 Å². The van der Waals surface area contributed by atoms with Gasteiger partial charge < -0.3 is 37.6 Å². The highest BCUT2D eigenvalue weighted by Gasteiger charge is 2.28. The lowest BCUT2D eigenvalue weighted by Gasteiger charge is -2.23. The zero-order valence-corrected chi connectivity index (χ0v) is 18.1. The van der Waals surface area contributed by atoms with Gasteiger partial charge in [0.25, 0.3) is 0 Å². The molecule has 0 aromatic carbocycles. The van der Waals surface area contributed by atoms with E-state index in [0.717, 1.165) is 0 Å². The minimum Gasteiger partial charge on any atom is -0.481 e. The van der Waals surface area contributed by atoms with Crippen LogP contribution in [0.15, 0.2) is 0 Å². The summed E-state index contributed by atoms with van der Waals surface area (Å²) in [5.41, 5.74) is 10.6. The molecule has 176 valence electrons. The van der Waals surface area contributed by atoms with E-state index in [2.05, 4.69) is 16.0 Å². The number of carbonyl (C=O) groups excluding carboxylic acids is 4. The highest BCUT2D eigenvalue weighted by molar-refractivity contribution is 7.98. The van der Waals surface area contributed by atoms with Gasteiger partial charge in [-0.15, -0.1) is 0 Å². The van der Waals surface area contributed by atoms with Crippen LogP contribution in [0.3, 0.4) is 0 Å². The summed E-state index contributed by atoms with van der Waals surface area (Å²) in [4.78, 5) is 69.5. The molecule has 0 radical (unpaired) electrons. The minimum atomic E-state index is -1.55. The van der Waals surface area contributed by atoms with Gasteiger partial charge in [0.1, 0.15) is 18.1 Å². The standard InChI is InChI=1S/C17H29N5O8S/c1-8(14(26)22-11(17(29)30)7-12(19)23)20-16(28)10(5-6-31-2)21-15(27)9(18)3-4-13(24)25/h8-11H,3-7,18H2,1-2H3,(H2,19,23)(H,20,28)(H,21,27)(H,22,26)(H,24,25)(H,29,30). The highest BCUT2D eigenvalue weighted by Crippen LogP contribution is 2.04. The van der Waals surface area contributed by atoms with Gasteiger partial charge in [0.05, 0.1) is 12.5 Å². The lowest BCUT2D eigenvalue weighted by molar-refractivity contribution is -0.143. The zero-order valence-electron chi connectivity index (χ0n) is 17.3. The van der Waals surface area contributed by atoms with E-state index in [0.29, 0.717) is 5.75 Å². The summed E-state index contributed by atoms with van der Waals surface area (Å²) in [5, 5.41) is 24.6. The molecule has 4 atom stereocenters. The lowest BCUT2D eigenvalue weighted by Crippen LogP contribution is -2.56. The molecule has 13 nitrogen and oxygen atoms in total. The SMILES string of the molecule is CSCCC(NC(=O)C(N)CCC(=O)O)C(=O)NC(C)C(=O)NC(CC(N)=O)C(=O)O. The predicted octanol–water partition coefficient (Wildman–Crippen LogP) is -2.63. The molecular weight excluding hydrogens is 434 g/mol. The van der Waals surface area contributed by atoms with Crippen molar-refractivity contribution in [2.24, 2.45) is 11.5 Å². The molecule has 0 spiro atoms. The highest BCUT2D eigenvalue weighted by atomic mass is 32.2. The van der Waals surface area contributed by atoms with Crippen molar-refractivity contribution >= 4 is 47.3 Å². The van der Waals surface area contributed by atoms with Crippen LogP contribution in [0.2, 0.25) is 0 Å². The number of aliphatic carboxylic acids is 2. The number of primary amides is 1. The molecule has 0 aliphatic heterocycles. The molecule has 0 aromatic heterocycles. The third-order valence-corrected chi connectivity index (χ3v) is 4.67. The van der Waals surface area contributed by atoms with Gasteiger partial charge in [-0.2, -0.15) is 11.8 Å². The van der Waals surface area contributed by atoms with Gasteiger partial charge in [-0.3, -0.25) is 24.0 Å². The number of thioether (sulfide) groups is 1. The fourth-order valence-corrected chi connectivity index (χ4v) is 2.74. The molecule has 0 bridgehead atoms. The van der Waals surface area contributed by atoms with Crippen LogP contribution in [-0.2, 0) is 28.8 Å². The van der Waals surface area contributed by atoms with E-state index >= 15 is 0 Å². The fraction of sp³-hybridized carbons (Fsp3) is 0.647. The van der Waals surface area contributed by atoms with Crippen LogP contribution >= 0.6 is 11.8 Å². The number of hydrogen-bond acceptors (Lipinski definition) is 8. The van der Waals surface area contributed by atoms with E-state index in [4.69, 9.17) is 21.7 Å². The smallest absolute Gasteiger partial charge is 0.326 e. The maximum atomic E-state index is 12.5. The molecule has 0 rings (SSSR count). The van der Waals surface area contributed by atoms with E-state index in [-0.39, 0.29) is 19.3 Å². The van der Waals surface area contributed by atoms with E-state index in [9.17, 15) is 28.8 Å². The molecule has 0 fully saturated rings. The van der Waals surface area contributed by atoms with Gasteiger partial charge in [-0.05, 0) is 31.8 Å². The largest absolute Gasteiger partial charge is 0.481 e. The van der Waals surface area contributed by atoms with E-state index < -0.39 is 66.2 Å². The maximum Gasteiger partial charge on any atom is 0.326 e. The number of carboxylic acid groups (broad SMARTS) is 2. The summed E-state index contributed by atoms with van der Waals surface area (Å²) in [7, 11) is 0. The molecule has 0 heterocycles. The van der Waals surface area contributed by atoms with Crippen LogP contribution in [-0.4, -0.2) is 82.0 Å². The summed E-state index contributed by atoms with van der Waals surface area (Å²) in [5.74, 6) is -5.31. The van der Waals surface area contributed by atoms with Crippen molar-refractivity contribution < 1.29 is 39.0 Å². The quantitative estimate of drug-likeness (QED) is 0.133. The normalized spacial score (nSPS) is 14.4. The van der Waals surface area contributed by atoms with Gasteiger partial charge in [-0.1, -0.05) is 0 Å². The van der Waals surface area contributed by atoms with Crippen LogP contribution in [0.1, 0.15) is 32.6 Å². The zero-order chi connectivity index (χ0) is 24.1. The summed E-state index contributed by atoms with van der Waals surface area (Å²) >= 11 is 1.41. The van der Waals surface area contributed by atoms with Gasteiger partial charge in [0, 0.05) is 6.42 Å². The first-order valence-electron chi connectivity index (χ1n) is 9.27. The van der Waals surface area contributed by atoms with E-state index in [1.165, 1.54) is 18.7 Å². The Morgan fingerprint density at radius 2 is 1.48 bits per heavy atom. The molecule has 4 amide bonds. The van der Waals surface area contributed by atoms with Crippen molar-refractivity contribution in [3.05, 3.63) is 0 Å². The van der Waals surface area contributed by atoms with Crippen LogP contribution in [0, 0.1) is 0 Å². The fourth-order valence-electron chi connectivity index (χ4n) is 2.27. The Morgan fingerprint density at radius 1 is 0.903 bits per heavy atom. The minimum absolute atomic E-state index is 0.118. The predicted molar refractivity (Wildman–Crippen MR) is 111 cm³/mol. The average molecular weight is 464 g/mol. The van der Waals surface area contributed by atoms with Crippen molar-refractivity contribution in [2.75, 3.05) is 12.0 Å². The van der Waals surface area contributed by atoms with Crippen molar-refractivity contribution in [3.8, 4) is 0 Å². The second-order valence-corrected chi connectivity index (χ2v) is 7.67. The Kier molecular flexibility index (Phi) is 12.9. The monoisotopic (exact) mass is 463 g/mol. The number of carbonyl (C=O) groups is 6. The number of nitrogens with two attached hydrogens (primary N) is 2. The van der Waals surface area contributed by atoms with Crippen LogP contribution in [0.4, 0.5) is 0 Å². The Hall–Kier alpha value is -2.87. The van der Waals surface area contributed by atoms with Crippen LogP contribution in [0.25, 0.3) is 0 Å². The maximum absolute atomic E-state index is 12.5. The van der Waals surface area contributed by atoms with Crippen LogP contribution < -0.4 is 27.4 Å². The second-order valence-electron chi connectivity index (χ2n) is 6.68. The molecule has 4 unspecified atom stereocenters. The number of nitrogens with one attached hydrogen (secondary N) is 3. The molecule has 9 N–H and O–H groups in total. The molecule has 0 saturated carbocycles. The number of carboxylic acids is 2. The topological polar surface area (TPSA) is 231 Å². The molecular formula is C17H29N5O8S. The molecule has 0 aliphatic carbocycles. The van der Waals surface area contributed by atoms with Gasteiger partial charge in [0.15, 0.2) is 0 Å². The van der Waals surface area contributed by atoms with E-state index in [1.54, 1.807) is 6.26 Å². The number of hydrogen-bond donors (Lipinski definition) is 7. The Morgan fingerprint density at radius 3 is 1.97 bits per heavy atom. The third-order valence-electron chi connectivity index (χ3n) is 4.02. The molecule has 0 aromatic rings. The third kappa shape index (κ3) is 11.8. The van der Waals surface area contributed by atoms with Gasteiger partial charge in [-0.25, -0.2) is 4.79 Å². The Labute approximate surface area is 183 Å². The van der Waals surface area contributed by atoms with Crippen LogP contribution in [0.5, 0.6) is 0 Å². The first-order valence-corrected chi connectivity index (χ1v) is 10.7. The summed E-state index contributed by atoms with van der Waals surface area (Å²) < 4.78 is 0. The number of rotatable bonds is 15. The summed E-state index contributed by atoms with van der Waals surface area (Å²) in [6, 6.07) is -4.92. The Bertz CT molecular complexity index is 689. The van der Waals surface area contributed by atoms with Gasteiger partial charge in [0.2, 0.25) is 23.6 Å². The Balaban J connectivity index is 5.02. The first-order chi connectivity index (χ1) is 14.4. The van der Waals surface area contributed by atoms with Gasteiger partial charge >= 0.3 is 11.9 Å². The summed E-state index contributed by atoms with van der Waals surface area (Å²) in [6.07, 6.45) is 0.938. The number of amides is 4. The van der Waals surface area contributed by atoms with Crippen molar-refractivity contribution in [1.29, 1.82) is 0 Å². The average Bonchev–Trinajstić information content (AvgIpc) is 2.67. The first kappa shape index (κ1) is 28.1. The molecule has 0 saturated heterocycles. The summed E-state index contributed by atoms with van der Waals surface area (Å²) in [6.45, 7) is 1.29. The molecule has 0 aliphatic rings.